The van der Waals surface area contributed by atoms with Crippen LogP contribution in [0.5, 0.6) is 17.2 Å². The molecule has 19 heavy (non-hydrogen) atoms. The summed E-state index contributed by atoms with van der Waals surface area (Å²) in [6, 6.07) is 13.0. The van der Waals surface area contributed by atoms with E-state index in [2.05, 4.69) is 12.1 Å². The third-order valence-corrected chi connectivity index (χ3v) is 3.33. The van der Waals surface area contributed by atoms with Crippen molar-refractivity contribution in [3.8, 4) is 17.2 Å². The molecule has 2 aromatic rings. The van der Waals surface area contributed by atoms with Crippen molar-refractivity contribution in [1.29, 1.82) is 0 Å². The van der Waals surface area contributed by atoms with Crippen molar-refractivity contribution in [1.82, 2.24) is 0 Å². The van der Waals surface area contributed by atoms with Crippen molar-refractivity contribution in [2.75, 3.05) is 6.61 Å². The third-order valence-electron chi connectivity index (χ3n) is 3.33. The van der Waals surface area contributed by atoms with Crippen LogP contribution in [0, 0.1) is 0 Å². The highest BCUT2D eigenvalue weighted by atomic mass is 35.5. The van der Waals surface area contributed by atoms with Crippen LogP contribution < -0.4 is 4.74 Å². The Labute approximate surface area is 117 Å². The Morgan fingerprint density at radius 3 is 2.53 bits per heavy atom. The van der Waals surface area contributed by atoms with Crippen molar-refractivity contribution in [3.63, 3.8) is 0 Å². The standard InChI is InChI=1S/C15H14O3.ClH/c16-12-7-14(17)13-6-11(9-18-15(13)8-12)10-4-2-1-3-5-10;/h1-5,7-8,11,16-17H,6,9H2;1H. The van der Waals surface area contributed by atoms with Crippen LogP contribution in [0.3, 0.4) is 0 Å². The Balaban J connectivity index is 0.00000133. The van der Waals surface area contributed by atoms with Crippen LogP contribution in [0.2, 0.25) is 0 Å². The van der Waals surface area contributed by atoms with E-state index < -0.39 is 0 Å². The molecule has 0 aliphatic carbocycles. The summed E-state index contributed by atoms with van der Waals surface area (Å²) in [5.41, 5.74) is 1.98. The second-order valence-corrected chi connectivity index (χ2v) is 4.56. The SMILES string of the molecule is Cl.Oc1cc(O)c2c(c1)OCC(c1ccccc1)C2. The summed E-state index contributed by atoms with van der Waals surface area (Å²) >= 11 is 0. The topological polar surface area (TPSA) is 49.7 Å². The number of hydrogen-bond donors (Lipinski definition) is 2. The highest BCUT2D eigenvalue weighted by molar-refractivity contribution is 5.85. The zero-order valence-electron chi connectivity index (χ0n) is 10.2. The largest absolute Gasteiger partial charge is 0.508 e. The van der Waals surface area contributed by atoms with Crippen LogP contribution in [0.1, 0.15) is 17.0 Å². The van der Waals surface area contributed by atoms with Gasteiger partial charge in [-0.1, -0.05) is 30.3 Å². The smallest absolute Gasteiger partial charge is 0.129 e. The number of aromatic hydroxyl groups is 2. The van der Waals surface area contributed by atoms with Gasteiger partial charge in [-0.05, 0) is 12.0 Å². The van der Waals surface area contributed by atoms with Crippen LogP contribution in [0.15, 0.2) is 42.5 Å². The Kier molecular flexibility index (Phi) is 3.86. The zero-order valence-corrected chi connectivity index (χ0v) is 11.1. The van der Waals surface area contributed by atoms with Gasteiger partial charge in [0.1, 0.15) is 17.2 Å². The molecule has 0 bridgehead atoms. The molecule has 1 aliphatic heterocycles. The molecule has 0 aromatic heterocycles. The van der Waals surface area contributed by atoms with Gasteiger partial charge in [0.05, 0.1) is 6.61 Å². The van der Waals surface area contributed by atoms with Crippen molar-refractivity contribution >= 4 is 12.4 Å². The maximum absolute atomic E-state index is 9.86. The summed E-state index contributed by atoms with van der Waals surface area (Å²) in [7, 11) is 0. The molecule has 4 heteroatoms. The highest BCUT2D eigenvalue weighted by Gasteiger charge is 2.24. The van der Waals surface area contributed by atoms with E-state index in [9.17, 15) is 10.2 Å². The Morgan fingerprint density at radius 2 is 1.79 bits per heavy atom. The molecule has 0 saturated heterocycles. The summed E-state index contributed by atoms with van der Waals surface area (Å²) < 4.78 is 5.63. The molecule has 3 rings (SSSR count). The van der Waals surface area contributed by atoms with E-state index in [0.717, 1.165) is 12.0 Å². The lowest BCUT2D eigenvalue weighted by Gasteiger charge is -2.26. The average Bonchev–Trinajstić information content (AvgIpc) is 2.39. The third kappa shape index (κ3) is 2.61. The number of phenolic OH excluding ortho intramolecular Hbond substituents is 2. The highest BCUT2D eigenvalue weighted by Crippen LogP contribution is 2.39. The molecule has 2 N–H and O–H groups in total. The summed E-state index contributed by atoms with van der Waals surface area (Å²) in [5, 5.41) is 19.3. The van der Waals surface area contributed by atoms with Crippen LogP contribution in [-0.4, -0.2) is 16.8 Å². The zero-order chi connectivity index (χ0) is 12.5. The fraction of sp³-hybridized carbons (Fsp3) is 0.200. The lowest BCUT2D eigenvalue weighted by atomic mass is 9.90. The molecule has 1 aliphatic rings. The van der Waals surface area contributed by atoms with E-state index in [4.69, 9.17) is 4.74 Å². The van der Waals surface area contributed by atoms with Gasteiger partial charge in [0.2, 0.25) is 0 Å². The second-order valence-electron chi connectivity index (χ2n) is 4.56. The van der Waals surface area contributed by atoms with Crippen LogP contribution in [0.4, 0.5) is 0 Å². The van der Waals surface area contributed by atoms with Gasteiger partial charge in [-0.2, -0.15) is 0 Å². The molecule has 1 unspecified atom stereocenters. The normalized spacial score (nSPS) is 16.9. The molecule has 1 heterocycles. The van der Waals surface area contributed by atoms with Gasteiger partial charge in [0.15, 0.2) is 0 Å². The summed E-state index contributed by atoms with van der Waals surface area (Å²) in [6.07, 6.45) is 0.728. The number of benzene rings is 2. The van der Waals surface area contributed by atoms with Gasteiger partial charge >= 0.3 is 0 Å². The minimum atomic E-state index is 0. The molecule has 1 atom stereocenters. The van der Waals surface area contributed by atoms with Gasteiger partial charge in [-0.15, -0.1) is 12.4 Å². The van der Waals surface area contributed by atoms with Gasteiger partial charge in [-0.25, -0.2) is 0 Å². The molecular weight excluding hydrogens is 264 g/mol. The Hall–Kier alpha value is -1.87. The first kappa shape index (κ1) is 13.6. The van der Waals surface area contributed by atoms with Gasteiger partial charge in [0.25, 0.3) is 0 Å². The maximum atomic E-state index is 9.86. The van der Waals surface area contributed by atoms with Crippen LogP contribution in [-0.2, 0) is 6.42 Å². The number of phenols is 2. The predicted octanol–water partition coefficient (Wildman–Crippen LogP) is 3.24. The molecule has 2 aromatic carbocycles. The monoisotopic (exact) mass is 278 g/mol. The van der Waals surface area contributed by atoms with Gasteiger partial charge in [-0.3, -0.25) is 0 Å². The van der Waals surface area contributed by atoms with Crippen LogP contribution in [0.25, 0.3) is 0 Å². The molecule has 100 valence electrons. The predicted molar refractivity (Wildman–Crippen MR) is 75.4 cm³/mol. The summed E-state index contributed by atoms with van der Waals surface area (Å²) in [6.45, 7) is 0.569. The van der Waals surface area contributed by atoms with Crippen molar-refractivity contribution in [2.24, 2.45) is 0 Å². The molecule has 3 nitrogen and oxygen atoms in total. The molecular formula is C15H15ClO3. The van der Waals surface area contributed by atoms with Crippen molar-refractivity contribution < 1.29 is 14.9 Å². The molecule has 0 spiro atoms. The fourth-order valence-corrected chi connectivity index (χ4v) is 2.39. The van der Waals surface area contributed by atoms with Crippen LogP contribution >= 0.6 is 12.4 Å². The van der Waals surface area contributed by atoms with Crippen molar-refractivity contribution in [2.45, 2.75) is 12.3 Å². The first-order chi connectivity index (χ1) is 8.74. The minimum Gasteiger partial charge on any atom is -0.508 e. The quantitative estimate of drug-likeness (QED) is 0.842. The first-order valence-electron chi connectivity index (χ1n) is 5.96. The Bertz CT molecular complexity index is 569. The second kappa shape index (κ2) is 5.41. The molecule has 0 fully saturated rings. The first-order valence-corrected chi connectivity index (χ1v) is 5.96. The number of hydrogen-bond acceptors (Lipinski definition) is 3. The average molecular weight is 279 g/mol. The lowest BCUT2D eigenvalue weighted by molar-refractivity contribution is 0.257. The van der Waals surface area contributed by atoms with E-state index in [-0.39, 0.29) is 29.8 Å². The van der Waals surface area contributed by atoms with E-state index in [1.54, 1.807) is 6.07 Å². The summed E-state index contributed by atoms with van der Waals surface area (Å²) in [4.78, 5) is 0. The number of ether oxygens (including phenoxy) is 1. The van der Waals surface area contributed by atoms with Crippen molar-refractivity contribution in [3.05, 3.63) is 53.6 Å². The fourth-order valence-electron chi connectivity index (χ4n) is 2.39. The van der Waals surface area contributed by atoms with E-state index in [1.165, 1.54) is 11.6 Å². The maximum Gasteiger partial charge on any atom is 0.129 e. The Morgan fingerprint density at radius 1 is 1.05 bits per heavy atom. The summed E-state index contributed by atoms with van der Waals surface area (Å²) in [5.74, 6) is 0.962. The minimum absolute atomic E-state index is 0. The van der Waals surface area contributed by atoms with Gasteiger partial charge in [0, 0.05) is 23.6 Å². The number of rotatable bonds is 1. The lowest BCUT2D eigenvalue weighted by Crippen LogP contribution is -2.19. The van der Waals surface area contributed by atoms with E-state index >= 15 is 0 Å². The molecule has 0 saturated carbocycles. The van der Waals surface area contributed by atoms with Gasteiger partial charge < -0.3 is 14.9 Å². The van der Waals surface area contributed by atoms with E-state index in [1.807, 2.05) is 18.2 Å². The number of fused-ring (bicyclic) bond motifs is 1. The molecule has 0 radical (unpaired) electrons. The number of halogens is 1. The van der Waals surface area contributed by atoms with E-state index in [0.29, 0.717) is 12.4 Å². The molecule has 0 amide bonds.